The topological polar surface area (TPSA) is 73.3 Å². The van der Waals surface area contributed by atoms with Gasteiger partial charge in [-0.3, -0.25) is 0 Å². The van der Waals surface area contributed by atoms with Crippen LogP contribution in [0.4, 0.5) is 0 Å². The van der Waals surface area contributed by atoms with Gasteiger partial charge in [-0.05, 0) is 0 Å². The molecule has 0 amide bonds. The van der Waals surface area contributed by atoms with Crippen LogP contribution in [0.1, 0.15) is 0 Å². The van der Waals surface area contributed by atoms with Crippen LogP contribution in [-0.4, -0.2) is 26.2 Å². The minimum atomic E-state index is 0.542. The third-order valence-corrected chi connectivity index (χ3v) is 0.718. The Balaban J connectivity index is 2.53. The number of nitrogens with one attached hydrogen (secondary N) is 1. The van der Waals surface area contributed by atoms with Crippen molar-refractivity contribution in [2.24, 2.45) is 11.6 Å². The molecule has 0 saturated carbocycles. The summed E-state index contributed by atoms with van der Waals surface area (Å²) in [6, 6.07) is 0. The van der Waals surface area contributed by atoms with Gasteiger partial charge in [-0.15, -0.1) is 0 Å². The molecule has 0 unspecified atom stereocenters. The lowest BCUT2D eigenvalue weighted by atomic mass is 10.6. The SMILES string of the molecule is NCCNCCON. The number of hydrogen-bond donors (Lipinski definition) is 3. The van der Waals surface area contributed by atoms with Gasteiger partial charge in [0, 0.05) is 19.6 Å². The molecule has 0 spiro atoms. The molecule has 0 aromatic rings. The summed E-state index contributed by atoms with van der Waals surface area (Å²) < 4.78 is 0. The summed E-state index contributed by atoms with van der Waals surface area (Å²) in [6.07, 6.45) is 0. The van der Waals surface area contributed by atoms with Crippen molar-refractivity contribution < 1.29 is 4.84 Å². The van der Waals surface area contributed by atoms with Crippen LogP contribution in [0.25, 0.3) is 0 Å². The van der Waals surface area contributed by atoms with Crippen LogP contribution in [0.15, 0.2) is 0 Å². The Kier molecular flexibility index (Phi) is 6.70. The van der Waals surface area contributed by atoms with Gasteiger partial charge in [0.1, 0.15) is 0 Å². The molecule has 0 aliphatic carbocycles. The van der Waals surface area contributed by atoms with Crippen molar-refractivity contribution in [3.63, 3.8) is 0 Å². The molecule has 0 aromatic carbocycles. The van der Waals surface area contributed by atoms with Crippen molar-refractivity contribution in [2.45, 2.75) is 0 Å². The van der Waals surface area contributed by atoms with E-state index in [0.29, 0.717) is 13.2 Å². The maximum absolute atomic E-state index is 5.18. The first-order valence-electron chi connectivity index (χ1n) is 2.64. The third kappa shape index (κ3) is 5.84. The average Bonchev–Trinajstić information content (AvgIpc) is 1.81. The molecule has 0 saturated heterocycles. The Bertz CT molecular complexity index is 36.3. The predicted octanol–water partition coefficient (Wildman–Crippen LogP) is -1.57. The fourth-order valence-corrected chi connectivity index (χ4v) is 0.358. The summed E-state index contributed by atoms with van der Waals surface area (Å²) in [6.45, 7) is 2.79. The summed E-state index contributed by atoms with van der Waals surface area (Å²) in [5, 5.41) is 3.01. The van der Waals surface area contributed by atoms with Crippen LogP contribution in [0.5, 0.6) is 0 Å². The quantitative estimate of drug-likeness (QED) is 0.302. The molecule has 50 valence electrons. The Morgan fingerprint density at radius 2 is 2.12 bits per heavy atom. The van der Waals surface area contributed by atoms with Gasteiger partial charge in [0.15, 0.2) is 0 Å². The van der Waals surface area contributed by atoms with Gasteiger partial charge in [0.25, 0.3) is 0 Å². The zero-order valence-electron chi connectivity index (χ0n) is 4.89. The van der Waals surface area contributed by atoms with Gasteiger partial charge < -0.3 is 15.9 Å². The van der Waals surface area contributed by atoms with Crippen molar-refractivity contribution in [3.05, 3.63) is 0 Å². The molecular formula is C4H13N3O. The second kappa shape index (κ2) is 6.84. The van der Waals surface area contributed by atoms with E-state index in [1.54, 1.807) is 0 Å². The number of nitrogens with two attached hydrogens (primary N) is 2. The number of hydrogen-bond acceptors (Lipinski definition) is 4. The first-order valence-corrected chi connectivity index (χ1v) is 2.64. The lowest BCUT2D eigenvalue weighted by Crippen LogP contribution is -2.26. The zero-order chi connectivity index (χ0) is 6.24. The normalized spacial score (nSPS) is 9.75. The Morgan fingerprint density at radius 1 is 1.38 bits per heavy atom. The monoisotopic (exact) mass is 119 g/mol. The molecule has 0 bridgehead atoms. The van der Waals surface area contributed by atoms with Gasteiger partial charge in [0.2, 0.25) is 0 Å². The highest BCUT2D eigenvalue weighted by molar-refractivity contribution is 4.43. The van der Waals surface area contributed by atoms with Crippen LogP contribution in [0.3, 0.4) is 0 Å². The van der Waals surface area contributed by atoms with Crippen LogP contribution in [0, 0.1) is 0 Å². The molecule has 0 fully saturated rings. The molecule has 0 radical (unpaired) electrons. The Hall–Kier alpha value is -0.160. The van der Waals surface area contributed by atoms with Crippen molar-refractivity contribution in [1.29, 1.82) is 0 Å². The predicted molar refractivity (Wildman–Crippen MR) is 32.1 cm³/mol. The summed E-state index contributed by atoms with van der Waals surface area (Å²) >= 11 is 0. The van der Waals surface area contributed by atoms with Crippen LogP contribution in [-0.2, 0) is 4.84 Å². The third-order valence-electron chi connectivity index (χ3n) is 0.718. The standard InChI is InChI=1S/C4H13N3O/c5-1-2-7-3-4-8-6/h7H,1-6H2. The molecule has 8 heavy (non-hydrogen) atoms. The highest BCUT2D eigenvalue weighted by Gasteiger charge is 1.80. The van der Waals surface area contributed by atoms with Crippen molar-refractivity contribution in [1.82, 2.24) is 5.32 Å². The molecule has 0 aliphatic heterocycles. The van der Waals surface area contributed by atoms with Crippen molar-refractivity contribution >= 4 is 0 Å². The van der Waals surface area contributed by atoms with Crippen molar-refractivity contribution in [2.75, 3.05) is 26.2 Å². The Labute approximate surface area is 49.1 Å². The average molecular weight is 119 g/mol. The van der Waals surface area contributed by atoms with Gasteiger partial charge in [-0.1, -0.05) is 0 Å². The van der Waals surface area contributed by atoms with Gasteiger partial charge in [-0.25, -0.2) is 5.90 Å². The summed E-state index contributed by atoms with van der Waals surface area (Å²) in [4.78, 5) is 4.29. The molecule has 0 atom stereocenters. The first kappa shape index (κ1) is 7.84. The van der Waals surface area contributed by atoms with E-state index in [4.69, 9.17) is 11.6 Å². The van der Waals surface area contributed by atoms with E-state index in [1.807, 2.05) is 0 Å². The molecule has 0 aromatic heterocycles. The van der Waals surface area contributed by atoms with E-state index < -0.39 is 0 Å². The van der Waals surface area contributed by atoms with E-state index in [0.717, 1.165) is 13.1 Å². The molecule has 4 heteroatoms. The molecule has 0 heterocycles. The fraction of sp³-hybridized carbons (Fsp3) is 1.00. The molecular weight excluding hydrogens is 106 g/mol. The molecule has 4 nitrogen and oxygen atoms in total. The van der Waals surface area contributed by atoms with E-state index in [2.05, 4.69) is 10.2 Å². The molecule has 0 aliphatic rings. The maximum atomic E-state index is 5.18. The fourth-order valence-electron chi connectivity index (χ4n) is 0.358. The second-order valence-corrected chi connectivity index (χ2v) is 1.41. The zero-order valence-corrected chi connectivity index (χ0v) is 4.89. The largest absolute Gasteiger partial charge is 0.329 e. The van der Waals surface area contributed by atoms with E-state index in [1.165, 1.54) is 0 Å². The van der Waals surface area contributed by atoms with E-state index >= 15 is 0 Å². The highest BCUT2D eigenvalue weighted by atomic mass is 16.6. The van der Waals surface area contributed by atoms with Gasteiger partial charge >= 0.3 is 0 Å². The van der Waals surface area contributed by atoms with Gasteiger partial charge in [0.05, 0.1) is 6.61 Å². The first-order chi connectivity index (χ1) is 3.91. The van der Waals surface area contributed by atoms with Crippen LogP contribution < -0.4 is 16.9 Å². The molecule has 0 rings (SSSR count). The lowest BCUT2D eigenvalue weighted by Gasteiger charge is -1.98. The van der Waals surface area contributed by atoms with E-state index in [-0.39, 0.29) is 0 Å². The van der Waals surface area contributed by atoms with Gasteiger partial charge in [-0.2, -0.15) is 0 Å². The van der Waals surface area contributed by atoms with Crippen LogP contribution in [0.2, 0.25) is 0 Å². The smallest absolute Gasteiger partial charge is 0.0803 e. The highest BCUT2D eigenvalue weighted by Crippen LogP contribution is 1.57. The minimum absolute atomic E-state index is 0.542. The minimum Gasteiger partial charge on any atom is -0.329 e. The van der Waals surface area contributed by atoms with Crippen LogP contribution >= 0.6 is 0 Å². The summed E-state index contributed by atoms with van der Waals surface area (Å²) in [5.41, 5.74) is 5.18. The summed E-state index contributed by atoms with van der Waals surface area (Å²) in [7, 11) is 0. The van der Waals surface area contributed by atoms with Crippen molar-refractivity contribution in [3.8, 4) is 0 Å². The Morgan fingerprint density at radius 3 is 2.62 bits per heavy atom. The second-order valence-electron chi connectivity index (χ2n) is 1.41. The van der Waals surface area contributed by atoms with E-state index in [9.17, 15) is 0 Å². The summed E-state index contributed by atoms with van der Waals surface area (Å²) in [5.74, 6) is 4.74. The number of rotatable bonds is 5. The molecule has 5 N–H and O–H groups in total. The maximum Gasteiger partial charge on any atom is 0.0803 e. The lowest BCUT2D eigenvalue weighted by molar-refractivity contribution is 0.140.